The van der Waals surface area contributed by atoms with Crippen LogP contribution in [-0.4, -0.2) is 37.9 Å². The van der Waals surface area contributed by atoms with Gasteiger partial charge in [-0.25, -0.2) is 0 Å². The van der Waals surface area contributed by atoms with E-state index in [-0.39, 0.29) is 25.2 Å². The lowest BCUT2D eigenvalue weighted by Crippen LogP contribution is -2.30. The van der Waals surface area contributed by atoms with Crippen molar-refractivity contribution in [3.05, 3.63) is 85.1 Å². The third-order valence-corrected chi connectivity index (χ3v) is 7.93. The fraction of sp³-hybridized carbons (Fsp3) is 0.644. The molecule has 0 aromatic carbocycles. The average Bonchev–Trinajstić information content (AvgIpc) is 3.11. The zero-order chi connectivity index (χ0) is 36.4. The molecule has 0 rings (SSSR count). The van der Waals surface area contributed by atoms with Crippen molar-refractivity contribution in [2.45, 2.75) is 168 Å². The normalized spacial score (nSPS) is 13.1. The maximum Gasteiger partial charge on any atom is 0.306 e. The van der Waals surface area contributed by atoms with Crippen molar-refractivity contribution in [2.24, 2.45) is 0 Å². The molecule has 0 aliphatic carbocycles. The molecule has 0 radical (unpaired) electrons. The molecular formula is C45H74O5. The van der Waals surface area contributed by atoms with Crippen molar-refractivity contribution in [3.8, 4) is 0 Å². The van der Waals surface area contributed by atoms with Gasteiger partial charge in [0.25, 0.3) is 0 Å². The molecule has 5 nitrogen and oxygen atoms in total. The molecule has 50 heavy (non-hydrogen) atoms. The van der Waals surface area contributed by atoms with Crippen LogP contribution in [0.3, 0.4) is 0 Å². The Bertz CT molecular complexity index is 968. The Morgan fingerprint density at radius 3 is 1.42 bits per heavy atom. The lowest BCUT2D eigenvalue weighted by molar-refractivity contribution is -0.163. The second-order valence-electron chi connectivity index (χ2n) is 12.8. The number of unbranched alkanes of at least 4 members (excludes halogenated alkanes) is 10. The van der Waals surface area contributed by atoms with Crippen molar-refractivity contribution < 1.29 is 23.8 Å². The zero-order valence-corrected chi connectivity index (χ0v) is 32.4. The topological polar surface area (TPSA) is 61.8 Å². The highest BCUT2D eigenvalue weighted by Crippen LogP contribution is 2.10. The minimum atomic E-state index is -0.562. The van der Waals surface area contributed by atoms with Crippen molar-refractivity contribution in [2.75, 3.05) is 19.8 Å². The van der Waals surface area contributed by atoms with Crippen LogP contribution in [0.4, 0.5) is 0 Å². The largest absolute Gasteiger partial charge is 0.462 e. The fourth-order valence-corrected chi connectivity index (χ4v) is 4.98. The van der Waals surface area contributed by atoms with Gasteiger partial charge >= 0.3 is 11.9 Å². The third-order valence-electron chi connectivity index (χ3n) is 7.93. The summed E-state index contributed by atoms with van der Waals surface area (Å²) in [7, 11) is 0. The summed E-state index contributed by atoms with van der Waals surface area (Å²) in [5, 5.41) is 0. The van der Waals surface area contributed by atoms with Gasteiger partial charge in [0.2, 0.25) is 0 Å². The van der Waals surface area contributed by atoms with Gasteiger partial charge in [-0.1, -0.05) is 144 Å². The van der Waals surface area contributed by atoms with Gasteiger partial charge in [0.1, 0.15) is 6.61 Å². The van der Waals surface area contributed by atoms with E-state index >= 15 is 0 Å². The summed E-state index contributed by atoms with van der Waals surface area (Å²) >= 11 is 0. The van der Waals surface area contributed by atoms with Gasteiger partial charge in [0.05, 0.1) is 6.61 Å². The van der Waals surface area contributed by atoms with E-state index in [1.54, 1.807) is 0 Å². The van der Waals surface area contributed by atoms with Crippen LogP contribution in [0.2, 0.25) is 0 Å². The SMILES string of the molecule is CC/C=C\C/C=C\C/C=C\C/C=C\CCCCCOCC(COC(=O)CCCCC/C=C\C/C=C\C/C=C\CC)OC(=O)CCCCCCC. The summed E-state index contributed by atoms with van der Waals surface area (Å²) in [5.74, 6) is -0.472. The minimum Gasteiger partial charge on any atom is -0.462 e. The van der Waals surface area contributed by atoms with E-state index in [1.165, 1.54) is 12.8 Å². The van der Waals surface area contributed by atoms with Gasteiger partial charge in [-0.15, -0.1) is 0 Å². The Morgan fingerprint density at radius 2 is 0.900 bits per heavy atom. The van der Waals surface area contributed by atoms with E-state index in [1.807, 2.05) is 0 Å². The molecule has 284 valence electrons. The molecule has 0 N–H and O–H groups in total. The monoisotopic (exact) mass is 695 g/mol. The number of carbonyl (C=O) groups excluding carboxylic acids is 2. The lowest BCUT2D eigenvalue weighted by atomic mass is 10.1. The van der Waals surface area contributed by atoms with Gasteiger partial charge < -0.3 is 14.2 Å². The van der Waals surface area contributed by atoms with Gasteiger partial charge in [0.15, 0.2) is 6.10 Å². The summed E-state index contributed by atoms with van der Waals surface area (Å²) in [6.07, 6.45) is 51.8. The van der Waals surface area contributed by atoms with Crippen LogP contribution in [0.25, 0.3) is 0 Å². The highest BCUT2D eigenvalue weighted by atomic mass is 16.6. The Balaban J connectivity index is 4.23. The molecule has 1 unspecified atom stereocenters. The van der Waals surface area contributed by atoms with Crippen molar-refractivity contribution in [3.63, 3.8) is 0 Å². The second kappa shape index (κ2) is 40.5. The van der Waals surface area contributed by atoms with Crippen LogP contribution in [0.5, 0.6) is 0 Å². The molecule has 0 fully saturated rings. The molecule has 0 aliphatic heterocycles. The molecule has 0 spiro atoms. The highest BCUT2D eigenvalue weighted by Gasteiger charge is 2.17. The zero-order valence-electron chi connectivity index (χ0n) is 32.4. The summed E-state index contributed by atoms with van der Waals surface area (Å²) in [5.41, 5.74) is 0. The van der Waals surface area contributed by atoms with Crippen molar-refractivity contribution in [1.82, 2.24) is 0 Å². The summed E-state index contributed by atoms with van der Waals surface area (Å²) in [4.78, 5) is 24.9. The van der Waals surface area contributed by atoms with Crippen LogP contribution >= 0.6 is 0 Å². The average molecular weight is 695 g/mol. The fourth-order valence-electron chi connectivity index (χ4n) is 4.98. The Morgan fingerprint density at radius 1 is 0.460 bits per heavy atom. The number of carbonyl (C=O) groups is 2. The summed E-state index contributed by atoms with van der Waals surface area (Å²) < 4.78 is 17.1. The van der Waals surface area contributed by atoms with Gasteiger partial charge in [0, 0.05) is 19.4 Å². The first-order valence-corrected chi connectivity index (χ1v) is 20.1. The number of allylic oxidation sites excluding steroid dienone is 14. The molecule has 1 atom stereocenters. The van der Waals surface area contributed by atoms with Crippen LogP contribution in [-0.2, 0) is 23.8 Å². The van der Waals surface area contributed by atoms with Gasteiger partial charge in [-0.3, -0.25) is 9.59 Å². The van der Waals surface area contributed by atoms with E-state index in [2.05, 4.69) is 106 Å². The molecule has 0 bridgehead atoms. The Kier molecular flexibility index (Phi) is 38.1. The highest BCUT2D eigenvalue weighted by molar-refractivity contribution is 5.70. The maximum atomic E-state index is 12.5. The van der Waals surface area contributed by atoms with Gasteiger partial charge in [-0.05, 0) is 89.9 Å². The van der Waals surface area contributed by atoms with E-state index < -0.39 is 6.10 Å². The molecular weight excluding hydrogens is 620 g/mol. The van der Waals surface area contributed by atoms with Gasteiger partial charge in [-0.2, -0.15) is 0 Å². The van der Waals surface area contributed by atoms with Crippen LogP contribution in [0.1, 0.15) is 162 Å². The van der Waals surface area contributed by atoms with E-state index in [9.17, 15) is 9.59 Å². The number of hydrogen-bond donors (Lipinski definition) is 0. The van der Waals surface area contributed by atoms with Crippen LogP contribution in [0, 0.1) is 0 Å². The molecule has 5 heteroatoms. The molecule has 0 aromatic rings. The second-order valence-corrected chi connectivity index (χ2v) is 12.8. The van der Waals surface area contributed by atoms with Crippen molar-refractivity contribution >= 4 is 11.9 Å². The molecule has 0 saturated heterocycles. The van der Waals surface area contributed by atoms with E-state index in [4.69, 9.17) is 14.2 Å². The first kappa shape index (κ1) is 47.1. The smallest absolute Gasteiger partial charge is 0.306 e. The predicted molar refractivity (Wildman–Crippen MR) is 214 cm³/mol. The Hall–Kier alpha value is -2.92. The first-order chi connectivity index (χ1) is 24.6. The van der Waals surface area contributed by atoms with Crippen LogP contribution < -0.4 is 0 Å². The molecule has 0 aromatic heterocycles. The molecule has 0 heterocycles. The number of esters is 2. The predicted octanol–water partition coefficient (Wildman–Crippen LogP) is 13.0. The molecule has 0 amide bonds. The molecule has 0 saturated carbocycles. The van der Waals surface area contributed by atoms with E-state index in [0.717, 1.165) is 116 Å². The molecule has 0 aliphatic rings. The number of ether oxygens (including phenoxy) is 3. The minimum absolute atomic E-state index is 0.0523. The first-order valence-electron chi connectivity index (χ1n) is 20.1. The summed E-state index contributed by atoms with van der Waals surface area (Å²) in [6.45, 7) is 7.39. The number of hydrogen-bond acceptors (Lipinski definition) is 5. The van der Waals surface area contributed by atoms with Crippen molar-refractivity contribution in [1.29, 1.82) is 0 Å². The standard InChI is InChI=1S/C45H74O5/c1-4-7-10-13-15-17-19-21-22-23-25-27-29-31-34-37-40-48-41-43(50-45(47)39-36-32-12-9-6-3)42-49-44(46)38-35-33-30-28-26-24-20-18-16-14-11-8-5-2/h7-8,10-11,15-18,21-22,24-27,43H,4-6,9,12-14,19-20,23,28-42H2,1-3H3/b10-7-,11-8-,17-15-,18-16-,22-21-,26-24-,27-25-. The summed E-state index contributed by atoms with van der Waals surface area (Å²) in [6, 6.07) is 0. The number of rotatable bonds is 35. The quantitative estimate of drug-likeness (QED) is 0.0375. The third kappa shape index (κ3) is 37.9. The van der Waals surface area contributed by atoms with Crippen LogP contribution in [0.15, 0.2) is 85.1 Å². The lowest BCUT2D eigenvalue weighted by Gasteiger charge is -2.18. The maximum absolute atomic E-state index is 12.5. The van der Waals surface area contributed by atoms with E-state index in [0.29, 0.717) is 19.4 Å². The Labute approximate surface area is 308 Å².